The monoisotopic (exact) mass is 337 g/mol. The first-order valence-electron chi connectivity index (χ1n) is 7.61. The second kappa shape index (κ2) is 8.08. The van der Waals surface area contributed by atoms with Gasteiger partial charge in [0.05, 0.1) is 24.4 Å². The van der Waals surface area contributed by atoms with Crippen molar-refractivity contribution in [3.05, 3.63) is 29.0 Å². The highest BCUT2D eigenvalue weighted by Crippen LogP contribution is 2.31. The van der Waals surface area contributed by atoms with Crippen molar-refractivity contribution >= 4 is 34.3 Å². The summed E-state index contributed by atoms with van der Waals surface area (Å²) in [6.07, 6.45) is 3.25. The largest absolute Gasteiger partial charge is 0.462 e. The van der Waals surface area contributed by atoms with E-state index in [9.17, 15) is 9.90 Å². The van der Waals surface area contributed by atoms with Crippen LogP contribution in [0.5, 0.6) is 0 Å². The van der Waals surface area contributed by atoms with Crippen LogP contribution in [-0.2, 0) is 4.74 Å². The lowest BCUT2D eigenvalue weighted by Gasteiger charge is -2.20. The second-order valence-corrected chi connectivity index (χ2v) is 5.41. The normalized spacial score (nSPS) is 12.2. The molecule has 0 saturated carbocycles. The summed E-state index contributed by atoms with van der Waals surface area (Å²) in [5.41, 5.74) is 1.69. The van der Waals surface area contributed by atoms with E-state index >= 15 is 0 Å². The molecule has 0 aliphatic carbocycles. The van der Waals surface area contributed by atoms with Gasteiger partial charge in [-0.05, 0) is 25.5 Å². The van der Waals surface area contributed by atoms with Gasteiger partial charge in [0.25, 0.3) is 0 Å². The van der Waals surface area contributed by atoms with E-state index in [2.05, 4.69) is 15.3 Å². The summed E-state index contributed by atoms with van der Waals surface area (Å²) in [5.74, 6) is -0.562. The number of aliphatic hydroxyl groups excluding tert-OH is 1. The Morgan fingerprint density at radius 2 is 2.26 bits per heavy atom. The van der Waals surface area contributed by atoms with E-state index in [1.807, 2.05) is 6.92 Å². The Balaban J connectivity index is 2.60. The summed E-state index contributed by atoms with van der Waals surface area (Å²) in [7, 11) is 0. The average Bonchev–Trinajstić information content (AvgIpc) is 2.54. The van der Waals surface area contributed by atoms with E-state index in [0.29, 0.717) is 16.7 Å². The van der Waals surface area contributed by atoms with Crippen molar-refractivity contribution in [3.8, 4) is 0 Å². The van der Waals surface area contributed by atoms with Gasteiger partial charge in [-0.2, -0.15) is 0 Å². The summed E-state index contributed by atoms with van der Waals surface area (Å²) >= 11 is 6.20. The Hall–Kier alpha value is -1.92. The zero-order chi connectivity index (χ0) is 16.8. The molecule has 0 fully saturated rings. The minimum Gasteiger partial charge on any atom is -0.462 e. The predicted octanol–water partition coefficient (Wildman–Crippen LogP) is 3.03. The van der Waals surface area contributed by atoms with Crippen LogP contribution in [0, 0.1) is 0 Å². The Labute approximate surface area is 139 Å². The van der Waals surface area contributed by atoms with Crippen LogP contribution in [-0.4, -0.2) is 40.3 Å². The van der Waals surface area contributed by atoms with Gasteiger partial charge in [0.1, 0.15) is 16.2 Å². The second-order valence-electron chi connectivity index (χ2n) is 5.06. The van der Waals surface area contributed by atoms with Gasteiger partial charge >= 0.3 is 5.97 Å². The number of aliphatic hydroxyl groups is 1. The molecule has 7 heteroatoms. The zero-order valence-electron chi connectivity index (χ0n) is 13.2. The highest BCUT2D eigenvalue weighted by Gasteiger charge is 2.23. The van der Waals surface area contributed by atoms with Gasteiger partial charge in [0, 0.05) is 12.2 Å². The first-order chi connectivity index (χ1) is 11.1. The van der Waals surface area contributed by atoms with Gasteiger partial charge in [-0.15, -0.1) is 0 Å². The lowest BCUT2D eigenvalue weighted by Crippen LogP contribution is -2.25. The Kier molecular flexibility index (Phi) is 6.12. The number of rotatable bonds is 7. The van der Waals surface area contributed by atoms with Crippen LogP contribution in [0.15, 0.2) is 18.3 Å². The molecule has 2 aromatic heterocycles. The zero-order valence-corrected chi connectivity index (χ0v) is 13.9. The summed E-state index contributed by atoms with van der Waals surface area (Å²) in [6, 6.07) is 3.30. The topological polar surface area (TPSA) is 84.3 Å². The van der Waals surface area contributed by atoms with Crippen LogP contribution in [0.25, 0.3) is 11.0 Å². The Morgan fingerprint density at radius 1 is 1.48 bits per heavy atom. The van der Waals surface area contributed by atoms with Crippen molar-refractivity contribution in [2.45, 2.75) is 32.7 Å². The molecule has 0 saturated heterocycles. The van der Waals surface area contributed by atoms with E-state index in [0.717, 1.165) is 12.8 Å². The fourth-order valence-corrected chi connectivity index (χ4v) is 2.62. The van der Waals surface area contributed by atoms with Crippen LogP contribution in [0.1, 0.15) is 37.0 Å². The number of anilines is 1. The summed E-state index contributed by atoms with van der Waals surface area (Å²) < 4.78 is 5.08. The highest BCUT2D eigenvalue weighted by atomic mass is 35.5. The van der Waals surface area contributed by atoms with E-state index in [-0.39, 0.29) is 30.0 Å². The third-order valence-corrected chi connectivity index (χ3v) is 3.66. The predicted molar refractivity (Wildman–Crippen MR) is 89.9 cm³/mol. The number of aromatic nitrogens is 2. The van der Waals surface area contributed by atoms with Gasteiger partial charge in [0.15, 0.2) is 0 Å². The standard InChI is InChI=1S/C16H20ClN3O3/c1-3-6-10(9-21)19-14-12(16(22)23-4-2)15(17)20-11-7-5-8-18-13(11)14/h5,7-8,10,21H,3-4,6,9H2,1-2H3,(H,19,20)/t10-/m1/s1. The summed E-state index contributed by atoms with van der Waals surface area (Å²) in [5, 5.41) is 12.8. The Morgan fingerprint density at radius 3 is 2.91 bits per heavy atom. The van der Waals surface area contributed by atoms with Crippen molar-refractivity contribution in [2.75, 3.05) is 18.5 Å². The van der Waals surface area contributed by atoms with Gasteiger partial charge < -0.3 is 15.2 Å². The number of hydrogen-bond donors (Lipinski definition) is 2. The number of carbonyl (C=O) groups is 1. The van der Waals surface area contributed by atoms with E-state index in [4.69, 9.17) is 16.3 Å². The number of nitrogens with one attached hydrogen (secondary N) is 1. The molecule has 0 aromatic carbocycles. The van der Waals surface area contributed by atoms with Crippen LogP contribution in [0.2, 0.25) is 5.15 Å². The first kappa shape index (κ1) is 17.4. The lowest BCUT2D eigenvalue weighted by molar-refractivity contribution is 0.0527. The maximum atomic E-state index is 12.3. The summed E-state index contributed by atoms with van der Waals surface area (Å²) in [6.45, 7) is 3.91. The molecular weight excluding hydrogens is 318 g/mol. The van der Waals surface area contributed by atoms with Crippen molar-refractivity contribution in [1.29, 1.82) is 0 Å². The summed E-state index contributed by atoms with van der Waals surface area (Å²) in [4.78, 5) is 20.8. The van der Waals surface area contributed by atoms with Gasteiger partial charge in [-0.3, -0.25) is 4.98 Å². The van der Waals surface area contributed by atoms with Crippen LogP contribution in [0.3, 0.4) is 0 Å². The number of esters is 1. The minimum atomic E-state index is -0.562. The number of hydrogen-bond acceptors (Lipinski definition) is 6. The van der Waals surface area contributed by atoms with E-state index in [1.165, 1.54) is 0 Å². The smallest absolute Gasteiger partial charge is 0.343 e. The van der Waals surface area contributed by atoms with Gasteiger partial charge in [-0.25, -0.2) is 9.78 Å². The van der Waals surface area contributed by atoms with Crippen molar-refractivity contribution in [3.63, 3.8) is 0 Å². The van der Waals surface area contributed by atoms with Gasteiger partial charge in [0.2, 0.25) is 0 Å². The maximum absolute atomic E-state index is 12.3. The Bertz CT molecular complexity index is 694. The minimum absolute atomic E-state index is 0.0552. The molecule has 0 amide bonds. The van der Waals surface area contributed by atoms with E-state index < -0.39 is 5.97 Å². The van der Waals surface area contributed by atoms with Gasteiger partial charge in [-0.1, -0.05) is 24.9 Å². The highest BCUT2D eigenvalue weighted by molar-refractivity contribution is 6.34. The van der Waals surface area contributed by atoms with Crippen molar-refractivity contribution in [2.24, 2.45) is 0 Å². The van der Waals surface area contributed by atoms with Crippen molar-refractivity contribution in [1.82, 2.24) is 9.97 Å². The van der Waals surface area contributed by atoms with Crippen LogP contribution >= 0.6 is 11.6 Å². The first-order valence-corrected chi connectivity index (χ1v) is 7.98. The third-order valence-electron chi connectivity index (χ3n) is 3.38. The molecule has 0 unspecified atom stereocenters. The molecule has 0 radical (unpaired) electrons. The molecule has 2 heterocycles. The average molecular weight is 338 g/mol. The molecule has 0 aliphatic heterocycles. The molecule has 23 heavy (non-hydrogen) atoms. The van der Waals surface area contributed by atoms with Crippen LogP contribution < -0.4 is 5.32 Å². The number of fused-ring (bicyclic) bond motifs is 1. The maximum Gasteiger partial charge on any atom is 0.343 e. The van der Waals surface area contributed by atoms with Crippen LogP contribution in [0.4, 0.5) is 5.69 Å². The number of nitrogens with zero attached hydrogens (tertiary/aromatic N) is 2. The molecule has 2 rings (SSSR count). The van der Waals surface area contributed by atoms with E-state index in [1.54, 1.807) is 25.3 Å². The molecule has 0 aliphatic rings. The molecule has 0 bridgehead atoms. The number of pyridine rings is 2. The quantitative estimate of drug-likeness (QED) is 0.596. The fraction of sp³-hybridized carbons (Fsp3) is 0.438. The van der Waals surface area contributed by atoms with Crippen molar-refractivity contribution < 1.29 is 14.6 Å². The molecule has 2 N–H and O–H groups in total. The molecule has 2 aromatic rings. The fourth-order valence-electron chi connectivity index (χ4n) is 2.35. The third kappa shape index (κ3) is 3.89. The molecular formula is C16H20ClN3O3. The molecule has 124 valence electrons. The number of ether oxygens (including phenoxy) is 1. The molecule has 1 atom stereocenters. The number of halogens is 1. The molecule has 0 spiro atoms. The molecule has 6 nitrogen and oxygen atoms in total. The number of carbonyl (C=O) groups excluding carboxylic acids is 1. The SMILES string of the molecule is CCC[C@H](CO)Nc1c(C(=O)OCC)c(Cl)nc2cccnc12. The lowest BCUT2D eigenvalue weighted by atomic mass is 10.1.